The first-order valence-corrected chi connectivity index (χ1v) is 18.7. The van der Waals surface area contributed by atoms with Crippen molar-refractivity contribution in [2.24, 2.45) is 17.3 Å². The van der Waals surface area contributed by atoms with E-state index in [-0.39, 0.29) is 6.61 Å². The fourth-order valence-electron chi connectivity index (χ4n) is 4.46. The molecule has 0 unspecified atom stereocenters. The van der Waals surface area contributed by atoms with Crippen LogP contribution < -0.4 is 9.47 Å². The lowest BCUT2D eigenvalue weighted by Gasteiger charge is -2.25. The summed E-state index contributed by atoms with van der Waals surface area (Å²) in [5.41, 5.74) is 3.13. The van der Waals surface area contributed by atoms with E-state index in [1.807, 2.05) is 41.4 Å². The van der Waals surface area contributed by atoms with Gasteiger partial charge in [-0.15, -0.1) is 0 Å². The van der Waals surface area contributed by atoms with Crippen molar-refractivity contribution in [3.63, 3.8) is 0 Å². The fraction of sp³-hybridized carbons (Fsp3) is 0.595. The minimum atomic E-state index is 0.0236. The molecule has 0 fully saturated rings. The van der Waals surface area contributed by atoms with Gasteiger partial charge in [-0.3, -0.25) is 0 Å². The molecule has 0 spiro atoms. The number of aliphatic hydroxyl groups excluding tert-OH is 1. The van der Waals surface area contributed by atoms with Crippen LogP contribution in [0.1, 0.15) is 5.56 Å². The van der Waals surface area contributed by atoms with Crippen molar-refractivity contribution in [3.05, 3.63) is 71.7 Å². The molecule has 15 heteroatoms. The normalized spacial score (nSPS) is 11.6. The lowest BCUT2D eigenvalue weighted by Crippen LogP contribution is -2.27. The van der Waals surface area contributed by atoms with E-state index in [0.29, 0.717) is 119 Å². The molecule has 1 heterocycles. The smallest absolute Gasteiger partial charge is 0.394 e. The number of azo groups is 1. The molecular weight excluding hydrogens is 692 g/mol. The van der Waals surface area contributed by atoms with Crippen LogP contribution in [0.2, 0.25) is 0 Å². The third-order valence-electron chi connectivity index (χ3n) is 7.16. The number of ether oxygens (including phenoxy) is 9. The Kier molecular flexibility index (Phi) is 25.5. The van der Waals surface area contributed by atoms with Crippen LogP contribution in [-0.4, -0.2) is 137 Å². The molecule has 14 nitrogen and oxygen atoms in total. The molecule has 0 aliphatic carbocycles. The van der Waals surface area contributed by atoms with Crippen molar-refractivity contribution in [1.29, 1.82) is 0 Å². The van der Waals surface area contributed by atoms with E-state index in [4.69, 9.17) is 47.7 Å². The Bertz CT molecular complexity index is 1270. The van der Waals surface area contributed by atoms with E-state index in [1.165, 1.54) is 5.56 Å². The molecule has 0 radical (unpaired) electrons. The molecule has 0 atom stereocenters. The van der Waals surface area contributed by atoms with Crippen LogP contribution in [0.4, 0.5) is 16.5 Å². The van der Waals surface area contributed by atoms with Crippen molar-refractivity contribution in [1.82, 2.24) is 0 Å². The molecule has 2 aromatic carbocycles. The van der Waals surface area contributed by atoms with Gasteiger partial charge in [-0.25, -0.2) is 4.57 Å². The minimum absolute atomic E-state index is 0.0236. The summed E-state index contributed by atoms with van der Waals surface area (Å²) >= 11 is 1.55. The minimum Gasteiger partial charge on any atom is -0.394 e. The second kappa shape index (κ2) is 30.5. The SMILES string of the molecule is C[n+]1ccsc1/N=N/c1ccc(N(CCOCCOCCOCCOCCOCCOCCOCCOCCOCCO)Cc2ccccc2)cc1. The van der Waals surface area contributed by atoms with Crippen molar-refractivity contribution in [3.8, 4) is 0 Å². The van der Waals surface area contributed by atoms with E-state index in [9.17, 15) is 0 Å². The maximum atomic E-state index is 8.61. The van der Waals surface area contributed by atoms with E-state index < -0.39 is 0 Å². The van der Waals surface area contributed by atoms with Gasteiger partial charge < -0.3 is 52.6 Å². The van der Waals surface area contributed by atoms with Crippen LogP contribution in [-0.2, 0) is 56.2 Å². The van der Waals surface area contributed by atoms with Crippen LogP contribution in [0.3, 0.4) is 0 Å². The van der Waals surface area contributed by atoms with Crippen LogP contribution in [0, 0.1) is 0 Å². The van der Waals surface area contributed by atoms with Crippen LogP contribution >= 0.6 is 11.3 Å². The van der Waals surface area contributed by atoms with E-state index in [2.05, 4.69) is 51.5 Å². The van der Waals surface area contributed by atoms with E-state index in [1.54, 1.807) is 11.3 Å². The summed E-state index contributed by atoms with van der Waals surface area (Å²) in [4.78, 5) is 2.30. The van der Waals surface area contributed by atoms with Crippen LogP contribution in [0.15, 0.2) is 76.4 Å². The summed E-state index contributed by atoms with van der Waals surface area (Å²) in [5, 5.41) is 20.2. The molecule has 52 heavy (non-hydrogen) atoms. The zero-order valence-electron chi connectivity index (χ0n) is 30.5. The molecule has 3 rings (SSSR count). The average molecular weight is 750 g/mol. The molecular formula is C37H57N4O10S+. The summed E-state index contributed by atoms with van der Waals surface area (Å²) in [6.07, 6.45) is 1.96. The van der Waals surface area contributed by atoms with Crippen molar-refractivity contribution in [2.45, 2.75) is 6.54 Å². The lowest BCUT2D eigenvalue weighted by atomic mass is 10.2. The van der Waals surface area contributed by atoms with E-state index in [0.717, 1.165) is 29.6 Å². The number of thiazole rings is 1. The second-order valence-electron chi connectivity index (χ2n) is 11.2. The van der Waals surface area contributed by atoms with Gasteiger partial charge >= 0.3 is 5.13 Å². The Morgan fingerprint density at radius 3 is 1.42 bits per heavy atom. The standard InChI is InChI=1S/C37H57N4O10S/c1-40-12-32-52-37(40)39-38-35-7-9-36(10-8-35)41(33-34-5-3-2-4-6-34)11-14-43-16-18-45-20-22-47-24-26-49-28-30-51-31-29-50-27-25-48-23-21-46-19-17-44-15-13-42/h2-10,12,32,42H,11,13-31,33H2,1H3/q+1. The number of aromatic nitrogens is 1. The molecule has 0 aliphatic rings. The zero-order valence-corrected chi connectivity index (χ0v) is 31.3. The highest BCUT2D eigenvalue weighted by Gasteiger charge is 2.10. The summed E-state index contributed by atoms with van der Waals surface area (Å²) in [7, 11) is 1.96. The number of aliphatic hydroxyl groups is 1. The zero-order chi connectivity index (χ0) is 36.6. The van der Waals surface area contributed by atoms with Gasteiger partial charge in [0, 0.05) is 24.2 Å². The number of aryl methyl sites for hydroxylation is 1. The third-order valence-corrected chi connectivity index (χ3v) is 8.00. The van der Waals surface area contributed by atoms with Gasteiger partial charge in [0.2, 0.25) is 0 Å². The Balaban J connectivity index is 1.11. The summed E-state index contributed by atoms with van der Waals surface area (Å²) in [6, 6.07) is 18.5. The van der Waals surface area contributed by atoms with Gasteiger partial charge in [0.05, 0.1) is 138 Å². The summed E-state index contributed by atoms with van der Waals surface area (Å²) < 4.78 is 51.4. The first-order valence-electron chi connectivity index (χ1n) is 17.8. The predicted octanol–water partition coefficient (Wildman–Crippen LogP) is 4.14. The summed E-state index contributed by atoms with van der Waals surface area (Å²) in [5.74, 6) is 0. The molecule has 1 N–H and O–H groups in total. The third kappa shape index (κ3) is 21.6. The molecule has 0 aliphatic heterocycles. The Morgan fingerprint density at radius 1 is 0.558 bits per heavy atom. The number of rotatable bonds is 34. The largest absolute Gasteiger partial charge is 0.408 e. The Labute approximate surface area is 312 Å². The van der Waals surface area contributed by atoms with Gasteiger partial charge in [0.25, 0.3) is 0 Å². The van der Waals surface area contributed by atoms with Gasteiger partial charge in [0.15, 0.2) is 0 Å². The predicted molar refractivity (Wildman–Crippen MR) is 198 cm³/mol. The van der Waals surface area contributed by atoms with Crippen molar-refractivity contribution in [2.75, 3.05) is 137 Å². The molecule has 0 saturated carbocycles. The molecule has 290 valence electrons. The molecule has 3 aromatic rings. The van der Waals surface area contributed by atoms with Crippen molar-refractivity contribution >= 4 is 27.8 Å². The quantitative estimate of drug-likeness (QED) is 0.0537. The Morgan fingerprint density at radius 2 is 1.00 bits per heavy atom. The van der Waals surface area contributed by atoms with Crippen LogP contribution in [0.5, 0.6) is 0 Å². The first kappa shape index (κ1) is 43.5. The molecule has 0 saturated heterocycles. The van der Waals surface area contributed by atoms with Gasteiger partial charge in [-0.05, 0) is 46.3 Å². The number of nitrogens with zero attached hydrogens (tertiary/aromatic N) is 4. The topological polar surface area (TPSA) is 135 Å². The maximum Gasteiger partial charge on any atom is 0.408 e. The highest BCUT2D eigenvalue weighted by atomic mass is 32.1. The molecule has 1 aromatic heterocycles. The van der Waals surface area contributed by atoms with Crippen LogP contribution in [0.25, 0.3) is 0 Å². The van der Waals surface area contributed by atoms with E-state index >= 15 is 0 Å². The van der Waals surface area contributed by atoms with Gasteiger partial charge in [-0.1, -0.05) is 30.3 Å². The fourth-order valence-corrected chi connectivity index (χ4v) is 5.14. The number of anilines is 1. The summed E-state index contributed by atoms with van der Waals surface area (Å²) in [6.45, 7) is 10.4. The first-order chi connectivity index (χ1) is 25.8. The monoisotopic (exact) mass is 749 g/mol. The number of hydrogen-bond acceptors (Lipinski definition) is 14. The van der Waals surface area contributed by atoms with Gasteiger partial charge in [-0.2, -0.15) is 0 Å². The number of hydrogen-bond donors (Lipinski definition) is 1. The molecule has 0 bridgehead atoms. The van der Waals surface area contributed by atoms with Gasteiger partial charge in [0.1, 0.15) is 11.9 Å². The highest BCUT2D eigenvalue weighted by Crippen LogP contribution is 2.23. The Hall–Kier alpha value is -2.93. The maximum absolute atomic E-state index is 8.61. The van der Waals surface area contributed by atoms with Crippen molar-refractivity contribution < 1.29 is 52.3 Å². The number of benzene rings is 2. The second-order valence-corrected chi connectivity index (χ2v) is 12.0. The lowest BCUT2D eigenvalue weighted by molar-refractivity contribution is -0.654. The average Bonchev–Trinajstić information content (AvgIpc) is 3.59. The highest BCUT2D eigenvalue weighted by molar-refractivity contribution is 7.12. The molecule has 0 amide bonds.